The molecular formula is C27H28O6. The number of ketones is 1. The molecule has 6 nitrogen and oxygen atoms in total. The zero-order valence-electron chi connectivity index (χ0n) is 18.5. The van der Waals surface area contributed by atoms with Crippen LogP contribution in [0.5, 0.6) is 5.75 Å². The first-order valence-electron chi connectivity index (χ1n) is 11.3. The van der Waals surface area contributed by atoms with Gasteiger partial charge in [0.2, 0.25) is 0 Å². The van der Waals surface area contributed by atoms with Gasteiger partial charge in [0.05, 0.1) is 12.0 Å². The Morgan fingerprint density at radius 1 is 0.970 bits per heavy atom. The first-order valence-corrected chi connectivity index (χ1v) is 11.3. The molecule has 1 fully saturated rings. The van der Waals surface area contributed by atoms with E-state index in [1.807, 2.05) is 24.3 Å². The van der Waals surface area contributed by atoms with Gasteiger partial charge in [-0.3, -0.25) is 14.4 Å². The summed E-state index contributed by atoms with van der Waals surface area (Å²) in [5.74, 6) is -2.59. The number of carbonyl (C=O) groups is 3. The quantitative estimate of drug-likeness (QED) is 0.275. The summed E-state index contributed by atoms with van der Waals surface area (Å²) in [6, 6.07) is 14.1. The van der Waals surface area contributed by atoms with Crippen molar-refractivity contribution in [1.29, 1.82) is 0 Å². The van der Waals surface area contributed by atoms with Crippen LogP contribution in [0.2, 0.25) is 0 Å². The Bertz CT molecular complexity index is 1120. The van der Waals surface area contributed by atoms with E-state index in [1.165, 1.54) is 11.1 Å². The van der Waals surface area contributed by atoms with E-state index in [0.717, 1.165) is 29.4 Å². The van der Waals surface area contributed by atoms with Gasteiger partial charge in [-0.05, 0) is 54.5 Å². The average molecular weight is 449 g/mol. The number of rotatable bonds is 9. The van der Waals surface area contributed by atoms with Gasteiger partial charge in [0.1, 0.15) is 11.2 Å². The van der Waals surface area contributed by atoms with E-state index in [9.17, 15) is 24.6 Å². The molecule has 6 heteroatoms. The van der Waals surface area contributed by atoms with Gasteiger partial charge in [-0.1, -0.05) is 55.8 Å². The average Bonchev–Trinajstić information content (AvgIpc) is 3.20. The van der Waals surface area contributed by atoms with Crippen LogP contribution in [0, 0.1) is 10.8 Å². The minimum atomic E-state index is -1.99. The monoisotopic (exact) mass is 448 g/mol. The van der Waals surface area contributed by atoms with Crippen LogP contribution >= 0.6 is 0 Å². The van der Waals surface area contributed by atoms with Crippen LogP contribution in [0.1, 0.15) is 49.7 Å². The zero-order valence-corrected chi connectivity index (χ0v) is 18.5. The lowest BCUT2D eigenvalue weighted by atomic mass is 9.52. The van der Waals surface area contributed by atoms with Crippen molar-refractivity contribution in [3.8, 4) is 16.9 Å². The summed E-state index contributed by atoms with van der Waals surface area (Å²) in [7, 11) is 0. The Kier molecular flexibility index (Phi) is 6.11. The Hall–Kier alpha value is -3.41. The molecule has 0 aromatic heterocycles. The summed E-state index contributed by atoms with van der Waals surface area (Å²) >= 11 is 0. The molecule has 2 aromatic rings. The van der Waals surface area contributed by atoms with E-state index in [1.54, 1.807) is 0 Å². The molecule has 1 saturated carbocycles. The number of allylic oxidation sites excluding steroid dienone is 1. The summed E-state index contributed by atoms with van der Waals surface area (Å²) in [4.78, 5) is 37.5. The number of hydrogen-bond acceptors (Lipinski definition) is 4. The summed E-state index contributed by atoms with van der Waals surface area (Å²) in [6.45, 7) is 3.68. The van der Waals surface area contributed by atoms with Crippen molar-refractivity contribution >= 4 is 17.7 Å². The van der Waals surface area contributed by atoms with E-state index < -0.39 is 28.6 Å². The van der Waals surface area contributed by atoms with E-state index >= 15 is 0 Å². The van der Waals surface area contributed by atoms with Crippen LogP contribution in [-0.4, -0.2) is 34.5 Å². The largest absolute Gasteiger partial charge is 0.493 e. The van der Waals surface area contributed by atoms with Crippen molar-refractivity contribution in [2.75, 3.05) is 6.61 Å². The van der Waals surface area contributed by atoms with Gasteiger partial charge in [0.25, 0.3) is 0 Å². The summed E-state index contributed by atoms with van der Waals surface area (Å²) in [5, 5.41) is 20.2. The van der Waals surface area contributed by atoms with Gasteiger partial charge in [0, 0.05) is 12.0 Å². The van der Waals surface area contributed by atoms with Crippen molar-refractivity contribution in [2.45, 2.75) is 44.9 Å². The fourth-order valence-electron chi connectivity index (χ4n) is 5.77. The van der Waals surface area contributed by atoms with Crippen LogP contribution < -0.4 is 4.74 Å². The van der Waals surface area contributed by atoms with Crippen molar-refractivity contribution in [3.05, 3.63) is 66.2 Å². The molecule has 2 aromatic carbocycles. The molecule has 0 amide bonds. The van der Waals surface area contributed by atoms with Crippen molar-refractivity contribution in [2.24, 2.45) is 10.8 Å². The molecular weight excluding hydrogens is 420 g/mol. The molecule has 4 rings (SSSR count). The Morgan fingerprint density at radius 2 is 1.70 bits per heavy atom. The molecule has 0 saturated heterocycles. The maximum atomic E-state index is 12.7. The predicted octanol–water partition coefficient (Wildman–Crippen LogP) is 4.89. The third-order valence-corrected chi connectivity index (χ3v) is 7.42. The molecule has 2 aliphatic rings. The minimum Gasteiger partial charge on any atom is -0.493 e. The Balaban J connectivity index is 1.53. The first kappa shape index (κ1) is 22.8. The molecule has 172 valence electrons. The van der Waals surface area contributed by atoms with Crippen LogP contribution in [0.25, 0.3) is 11.1 Å². The van der Waals surface area contributed by atoms with E-state index in [4.69, 9.17) is 4.74 Å². The summed E-state index contributed by atoms with van der Waals surface area (Å²) in [5.41, 5.74) is 1.00. The third kappa shape index (κ3) is 3.54. The molecule has 33 heavy (non-hydrogen) atoms. The Morgan fingerprint density at radius 3 is 2.42 bits per heavy atom. The molecule has 2 unspecified atom stereocenters. The number of fused-ring (bicyclic) bond motifs is 3. The molecule has 0 spiro atoms. The smallest absolute Gasteiger partial charge is 0.318 e. The lowest BCUT2D eigenvalue weighted by molar-refractivity contribution is -0.183. The van der Waals surface area contributed by atoms with Gasteiger partial charge in [-0.25, -0.2) is 0 Å². The maximum absolute atomic E-state index is 12.7. The minimum absolute atomic E-state index is 0.00476. The van der Waals surface area contributed by atoms with Gasteiger partial charge >= 0.3 is 11.9 Å². The Labute approximate surface area is 192 Å². The van der Waals surface area contributed by atoms with Crippen molar-refractivity contribution in [1.82, 2.24) is 0 Å². The molecule has 2 aliphatic carbocycles. The molecule has 0 heterocycles. The van der Waals surface area contributed by atoms with Crippen LogP contribution in [0.15, 0.2) is 55.1 Å². The topological polar surface area (TPSA) is 101 Å². The van der Waals surface area contributed by atoms with Crippen molar-refractivity contribution < 1.29 is 29.3 Å². The number of ether oxygens (including phenoxy) is 1. The second kappa shape index (κ2) is 8.85. The highest BCUT2D eigenvalue weighted by Gasteiger charge is 2.65. The molecule has 2 atom stereocenters. The van der Waals surface area contributed by atoms with Gasteiger partial charge in [-0.2, -0.15) is 0 Å². The van der Waals surface area contributed by atoms with E-state index in [2.05, 4.69) is 24.8 Å². The predicted molar refractivity (Wildman–Crippen MR) is 123 cm³/mol. The second-order valence-corrected chi connectivity index (χ2v) is 8.94. The first-order chi connectivity index (χ1) is 15.9. The van der Waals surface area contributed by atoms with Crippen LogP contribution in [0.4, 0.5) is 0 Å². The van der Waals surface area contributed by atoms with Crippen LogP contribution in [0.3, 0.4) is 0 Å². The van der Waals surface area contributed by atoms with Gasteiger partial charge in [0.15, 0.2) is 5.78 Å². The molecule has 0 bridgehead atoms. The maximum Gasteiger partial charge on any atom is 0.318 e. The highest BCUT2D eigenvalue weighted by Crippen LogP contribution is 2.55. The van der Waals surface area contributed by atoms with E-state index in [0.29, 0.717) is 19.3 Å². The molecule has 0 radical (unpaired) electrons. The van der Waals surface area contributed by atoms with Gasteiger partial charge in [-0.15, -0.1) is 0 Å². The number of hydrogen-bond donors (Lipinski definition) is 2. The third-order valence-electron chi connectivity index (χ3n) is 7.42. The lowest BCUT2D eigenvalue weighted by Gasteiger charge is -2.46. The number of carbonyl (C=O) groups excluding carboxylic acids is 1. The number of carboxylic acids is 2. The second-order valence-electron chi connectivity index (χ2n) is 8.94. The summed E-state index contributed by atoms with van der Waals surface area (Å²) < 4.78 is 6.07. The fourth-order valence-corrected chi connectivity index (χ4v) is 5.77. The van der Waals surface area contributed by atoms with Gasteiger partial charge < -0.3 is 14.9 Å². The SMILES string of the molecule is C=CC(=O)C1(C(=O)O)CCCCC1(CCCOc1cccc2c1Cc1ccccc1-2)C(=O)O. The van der Waals surface area contributed by atoms with Crippen LogP contribution in [-0.2, 0) is 20.8 Å². The van der Waals surface area contributed by atoms with Crippen molar-refractivity contribution in [3.63, 3.8) is 0 Å². The number of benzene rings is 2. The summed E-state index contributed by atoms with van der Waals surface area (Å²) in [6.07, 6.45) is 3.31. The molecule has 0 aliphatic heterocycles. The zero-order chi connectivity index (χ0) is 23.6. The molecule has 2 N–H and O–H groups in total. The highest BCUT2D eigenvalue weighted by molar-refractivity contribution is 6.12. The number of carboxylic acid groups (broad SMARTS) is 2. The highest BCUT2D eigenvalue weighted by atomic mass is 16.5. The van der Waals surface area contributed by atoms with E-state index in [-0.39, 0.29) is 25.9 Å². The number of aliphatic carboxylic acids is 2. The normalized spacial score (nSPS) is 23.3. The fraction of sp³-hybridized carbons (Fsp3) is 0.370. The standard InChI is InChI=1S/C27H28O6/c1-2-23(28)27(25(31)32)15-6-5-13-26(27,24(29)30)14-8-16-33-22-12-7-11-20-19-10-4-3-9-18(19)17-21(20)22/h2-4,7,9-12H,1,5-6,8,13-17H2,(H,29,30)(H,31,32). The lowest BCUT2D eigenvalue weighted by Crippen LogP contribution is -2.58.